The number of carbonyl (C=O) groups is 1. The van der Waals surface area contributed by atoms with E-state index in [4.69, 9.17) is 22.1 Å². The Bertz CT molecular complexity index is 388. The van der Waals surface area contributed by atoms with Gasteiger partial charge in [-0.2, -0.15) is 15.0 Å². The normalized spacial score (nSPS) is 10.0. The van der Waals surface area contributed by atoms with E-state index in [1.807, 2.05) is 6.92 Å². The number of hydrogen-bond acceptors (Lipinski definition) is 6. The summed E-state index contributed by atoms with van der Waals surface area (Å²) in [6, 6.07) is 0.171. The molecule has 0 radical (unpaired) electrons. The summed E-state index contributed by atoms with van der Waals surface area (Å²) in [4.78, 5) is 22.2. The van der Waals surface area contributed by atoms with Crippen LogP contribution in [0.2, 0.25) is 5.28 Å². The zero-order valence-electron chi connectivity index (χ0n) is 9.44. The highest BCUT2D eigenvalue weighted by Gasteiger charge is 2.05. The highest BCUT2D eigenvalue weighted by atomic mass is 35.5. The van der Waals surface area contributed by atoms with Gasteiger partial charge >= 0.3 is 6.01 Å². The predicted octanol–water partition coefficient (Wildman–Crippen LogP) is 0.601. The van der Waals surface area contributed by atoms with E-state index in [2.05, 4.69) is 20.3 Å². The Balaban J connectivity index is 2.49. The van der Waals surface area contributed by atoms with Crippen molar-refractivity contribution in [3.63, 3.8) is 0 Å². The number of anilines is 1. The summed E-state index contributed by atoms with van der Waals surface area (Å²) in [6.45, 7) is 2.79. The van der Waals surface area contributed by atoms with Crippen LogP contribution in [0.15, 0.2) is 0 Å². The van der Waals surface area contributed by atoms with Gasteiger partial charge < -0.3 is 15.8 Å². The van der Waals surface area contributed by atoms with Crippen molar-refractivity contribution in [3.05, 3.63) is 5.28 Å². The Morgan fingerprint density at radius 1 is 1.47 bits per heavy atom. The summed E-state index contributed by atoms with van der Waals surface area (Å²) in [5.41, 5.74) is 5.01. The lowest BCUT2D eigenvalue weighted by Gasteiger charge is -2.06. The molecule has 0 aliphatic heterocycles. The lowest BCUT2D eigenvalue weighted by molar-refractivity contribution is -0.118. The second kappa shape index (κ2) is 6.85. The van der Waals surface area contributed by atoms with E-state index in [9.17, 15) is 4.79 Å². The highest BCUT2D eigenvalue weighted by Crippen LogP contribution is 2.11. The Labute approximate surface area is 104 Å². The van der Waals surface area contributed by atoms with Crippen molar-refractivity contribution in [3.8, 4) is 6.01 Å². The van der Waals surface area contributed by atoms with E-state index >= 15 is 0 Å². The van der Waals surface area contributed by atoms with E-state index < -0.39 is 0 Å². The molecule has 0 aliphatic carbocycles. The fraction of sp³-hybridized carbons (Fsp3) is 0.556. The van der Waals surface area contributed by atoms with Crippen LogP contribution in [0.1, 0.15) is 19.8 Å². The maximum Gasteiger partial charge on any atom is 0.322 e. The summed E-state index contributed by atoms with van der Waals surface area (Å²) >= 11 is 5.69. The van der Waals surface area contributed by atoms with Gasteiger partial charge in [-0.3, -0.25) is 4.79 Å². The molecule has 0 saturated heterocycles. The summed E-state index contributed by atoms with van der Waals surface area (Å²) in [5.74, 6) is -0.0200. The lowest BCUT2D eigenvalue weighted by Crippen LogP contribution is -2.13. The molecule has 1 aromatic heterocycles. The number of ether oxygens (including phenoxy) is 1. The first-order chi connectivity index (χ1) is 8.11. The van der Waals surface area contributed by atoms with Crippen LogP contribution in [0.4, 0.5) is 5.95 Å². The SMILES string of the molecule is CCOc1nc(Cl)nc(NCCCC(N)=O)n1. The second-order valence-electron chi connectivity index (χ2n) is 3.14. The molecule has 1 rings (SSSR count). The van der Waals surface area contributed by atoms with Gasteiger partial charge in [-0.05, 0) is 24.9 Å². The molecule has 0 aliphatic rings. The van der Waals surface area contributed by atoms with Crippen LogP contribution < -0.4 is 15.8 Å². The summed E-state index contributed by atoms with van der Waals surface area (Å²) in [6.07, 6.45) is 0.909. The standard InChI is InChI=1S/C9H14ClN5O2/c1-2-17-9-14-7(10)13-8(15-9)12-5-3-4-6(11)16/h2-5H2,1H3,(H2,11,16)(H,12,13,14,15). The molecule has 0 unspecified atom stereocenters. The van der Waals surface area contributed by atoms with Crippen LogP contribution in [-0.2, 0) is 4.79 Å². The number of nitrogens with zero attached hydrogens (tertiary/aromatic N) is 3. The van der Waals surface area contributed by atoms with Gasteiger partial charge in [0.2, 0.25) is 17.1 Å². The average Bonchev–Trinajstić information content (AvgIpc) is 2.24. The third kappa shape index (κ3) is 5.30. The largest absolute Gasteiger partial charge is 0.464 e. The average molecular weight is 260 g/mol. The third-order valence-electron chi connectivity index (χ3n) is 1.74. The number of nitrogens with two attached hydrogens (primary N) is 1. The highest BCUT2D eigenvalue weighted by molar-refractivity contribution is 6.28. The van der Waals surface area contributed by atoms with Crippen LogP contribution in [0.25, 0.3) is 0 Å². The van der Waals surface area contributed by atoms with Crippen molar-refractivity contribution >= 4 is 23.5 Å². The molecule has 94 valence electrons. The van der Waals surface area contributed by atoms with Crippen LogP contribution in [-0.4, -0.2) is 34.0 Å². The number of halogens is 1. The Morgan fingerprint density at radius 2 is 2.24 bits per heavy atom. The van der Waals surface area contributed by atoms with Crippen LogP contribution in [0, 0.1) is 0 Å². The van der Waals surface area contributed by atoms with Crippen molar-refractivity contribution in [2.24, 2.45) is 5.73 Å². The topological polar surface area (TPSA) is 103 Å². The van der Waals surface area contributed by atoms with Crippen LogP contribution in [0.3, 0.4) is 0 Å². The first kappa shape index (κ1) is 13.4. The van der Waals surface area contributed by atoms with Crippen molar-refractivity contribution < 1.29 is 9.53 Å². The molecule has 17 heavy (non-hydrogen) atoms. The van der Waals surface area contributed by atoms with Gasteiger partial charge in [0, 0.05) is 13.0 Å². The van der Waals surface area contributed by atoms with E-state index in [0.717, 1.165) is 0 Å². The molecule has 0 aromatic carbocycles. The van der Waals surface area contributed by atoms with Crippen molar-refractivity contribution in [2.45, 2.75) is 19.8 Å². The fourth-order valence-corrected chi connectivity index (χ4v) is 1.22. The van der Waals surface area contributed by atoms with Gasteiger partial charge in [0.25, 0.3) is 0 Å². The van der Waals surface area contributed by atoms with Crippen molar-refractivity contribution in [1.82, 2.24) is 15.0 Å². The molecular weight excluding hydrogens is 246 g/mol. The minimum absolute atomic E-state index is 0.0563. The molecular formula is C9H14ClN5O2. The Morgan fingerprint density at radius 3 is 2.88 bits per heavy atom. The smallest absolute Gasteiger partial charge is 0.322 e. The number of nitrogens with one attached hydrogen (secondary N) is 1. The van der Waals surface area contributed by atoms with Crippen LogP contribution in [0.5, 0.6) is 6.01 Å². The van der Waals surface area contributed by atoms with Gasteiger partial charge in [0.05, 0.1) is 6.61 Å². The van der Waals surface area contributed by atoms with E-state index in [0.29, 0.717) is 31.9 Å². The van der Waals surface area contributed by atoms with E-state index in [1.165, 1.54) is 0 Å². The quantitative estimate of drug-likeness (QED) is 0.695. The summed E-state index contributed by atoms with van der Waals surface area (Å²) in [5, 5.41) is 2.96. The molecule has 1 heterocycles. The number of primary amides is 1. The third-order valence-corrected chi connectivity index (χ3v) is 1.91. The second-order valence-corrected chi connectivity index (χ2v) is 3.48. The lowest BCUT2D eigenvalue weighted by atomic mass is 10.3. The van der Waals surface area contributed by atoms with Crippen molar-refractivity contribution in [2.75, 3.05) is 18.5 Å². The van der Waals surface area contributed by atoms with E-state index in [1.54, 1.807) is 0 Å². The number of amides is 1. The number of hydrogen-bond donors (Lipinski definition) is 2. The first-order valence-corrected chi connectivity index (χ1v) is 5.56. The van der Waals surface area contributed by atoms with Gasteiger partial charge in [-0.25, -0.2) is 0 Å². The molecule has 0 fully saturated rings. The van der Waals surface area contributed by atoms with E-state index in [-0.39, 0.29) is 17.2 Å². The molecule has 0 spiro atoms. The number of rotatable bonds is 7. The molecule has 0 bridgehead atoms. The number of carbonyl (C=O) groups excluding carboxylic acids is 1. The Hall–Kier alpha value is -1.63. The number of aromatic nitrogens is 3. The minimum atomic E-state index is -0.338. The molecule has 7 nitrogen and oxygen atoms in total. The maximum atomic E-state index is 10.5. The molecule has 1 aromatic rings. The first-order valence-electron chi connectivity index (χ1n) is 5.18. The summed E-state index contributed by atoms with van der Waals surface area (Å²) < 4.78 is 5.11. The molecule has 0 saturated carbocycles. The zero-order chi connectivity index (χ0) is 12.7. The van der Waals surface area contributed by atoms with Gasteiger partial charge in [0.1, 0.15) is 0 Å². The van der Waals surface area contributed by atoms with Gasteiger partial charge in [-0.15, -0.1) is 0 Å². The molecule has 1 amide bonds. The Kier molecular flexibility index (Phi) is 5.41. The maximum absolute atomic E-state index is 10.5. The molecule has 0 atom stereocenters. The monoisotopic (exact) mass is 259 g/mol. The molecule has 8 heteroatoms. The zero-order valence-corrected chi connectivity index (χ0v) is 10.2. The van der Waals surface area contributed by atoms with Gasteiger partial charge in [0.15, 0.2) is 0 Å². The fourth-order valence-electron chi connectivity index (χ4n) is 1.07. The minimum Gasteiger partial charge on any atom is -0.464 e. The predicted molar refractivity (Wildman–Crippen MR) is 62.9 cm³/mol. The van der Waals surface area contributed by atoms with Crippen LogP contribution >= 0.6 is 11.6 Å². The molecule has 3 N–H and O–H groups in total. The van der Waals surface area contributed by atoms with Gasteiger partial charge in [-0.1, -0.05) is 0 Å². The summed E-state index contributed by atoms with van der Waals surface area (Å²) in [7, 11) is 0. The van der Waals surface area contributed by atoms with Crippen molar-refractivity contribution in [1.29, 1.82) is 0 Å².